The van der Waals surface area contributed by atoms with Crippen LogP contribution < -0.4 is 0 Å². The SMILES string of the molecule is C#CCN(CC(=O)O)C(=O)N1CCSC(C)(C)C1. The van der Waals surface area contributed by atoms with Crippen LogP contribution in [0.1, 0.15) is 13.8 Å². The van der Waals surface area contributed by atoms with E-state index in [1.54, 1.807) is 4.90 Å². The second-order valence-corrected chi connectivity index (χ2v) is 6.57. The number of thioether (sulfide) groups is 1. The smallest absolute Gasteiger partial charge is 0.323 e. The molecule has 18 heavy (non-hydrogen) atoms. The molecule has 1 aliphatic rings. The van der Waals surface area contributed by atoms with Crippen LogP contribution in [0.4, 0.5) is 4.79 Å². The number of carbonyl (C=O) groups is 2. The second-order valence-electron chi connectivity index (χ2n) is 4.77. The van der Waals surface area contributed by atoms with E-state index in [1.165, 1.54) is 4.90 Å². The number of rotatable bonds is 3. The Morgan fingerprint density at radius 2 is 2.22 bits per heavy atom. The molecule has 100 valence electrons. The lowest BCUT2D eigenvalue weighted by Gasteiger charge is -2.39. The van der Waals surface area contributed by atoms with Gasteiger partial charge in [-0.15, -0.1) is 6.42 Å². The summed E-state index contributed by atoms with van der Waals surface area (Å²) >= 11 is 1.81. The zero-order valence-corrected chi connectivity index (χ0v) is 11.5. The van der Waals surface area contributed by atoms with Crippen LogP contribution in [-0.2, 0) is 4.79 Å². The van der Waals surface area contributed by atoms with Gasteiger partial charge in [0, 0.05) is 23.6 Å². The number of carboxylic acids is 1. The van der Waals surface area contributed by atoms with Crippen LogP contribution in [0, 0.1) is 12.3 Å². The van der Waals surface area contributed by atoms with Crippen LogP contribution in [-0.4, -0.2) is 63.6 Å². The molecular weight excluding hydrogens is 252 g/mol. The predicted octanol–water partition coefficient (Wildman–Crippen LogP) is 0.954. The average Bonchev–Trinajstić information content (AvgIpc) is 2.25. The molecule has 5 nitrogen and oxygen atoms in total. The van der Waals surface area contributed by atoms with Crippen molar-refractivity contribution in [1.29, 1.82) is 0 Å². The standard InChI is InChI=1S/C12H18N2O3S/c1-4-5-13(8-10(15)16)11(17)14-6-7-18-12(2,3)9-14/h1H,5-9H2,2-3H3,(H,15,16). The van der Waals surface area contributed by atoms with Gasteiger partial charge in [-0.25, -0.2) is 4.79 Å². The molecule has 1 aliphatic heterocycles. The monoisotopic (exact) mass is 270 g/mol. The zero-order chi connectivity index (χ0) is 13.8. The minimum Gasteiger partial charge on any atom is -0.480 e. The van der Waals surface area contributed by atoms with Gasteiger partial charge in [-0.2, -0.15) is 11.8 Å². The Labute approximate surface area is 112 Å². The van der Waals surface area contributed by atoms with Crippen molar-refractivity contribution in [2.45, 2.75) is 18.6 Å². The summed E-state index contributed by atoms with van der Waals surface area (Å²) in [5, 5.41) is 8.78. The molecule has 2 amide bonds. The Morgan fingerprint density at radius 1 is 1.56 bits per heavy atom. The van der Waals surface area contributed by atoms with Gasteiger partial charge in [-0.05, 0) is 13.8 Å². The lowest BCUT2D eigenvalue weighted by Crippen LogP contribution is -2.52. The van der Waals surface area contributed by atoms with Gasteiger partial charge in [0.25, 0.3) is 0 Å². The molecule has 0 spiro atoms. The van der Waals surface area contributed by atoms with Crippen molar-refractivity contribution >= 4 is 23.8 Å². The number of terminal acetylenes is 1. The third-order valence-corrected chi connectivity index (χ3v) is 3.87. The van der Waals surface area contributed by atoms with Crippen molar-refractivity contribution in [2.75, 3.05) is 31.9 Å². The van der Waals surface area contributed by atoms with E-state index in [2.05, 4.69) is 19.8 Å². The van der Waals surface area contributed by atoms with Crippen LogP contribution in [0.3, 0.4) is 0 Å². The summed E-state index contributed by atoms with van der Waals surface area (Å²) in [6.45, 7) is 5.05. The highest BCUT2D eigenvalue weighted by atomic mass is 32.2. The third-order valence-electron chi connectivity index (χ3n) is 2.57. The fourth-order valence-electron chi connectivity index (χ4n) is 1.84. The molecule has 1 N–H and O–H groups in total. The summed E-state index contributed by atoms with van der Waals surface area (Å²) in [5.74, 6) is 2.13. The third kappa shape index (κ3) is 4.15. The molecule has 1 saturated heterocycles. The fourth-order valence-corrected chi connectivity index (χ4v) is 2.96. The van der Waals surface area contributed by atoms with Crippen LogP contribution in [0.15, 0.2) is 0 Å². The van der Waals surface area contributed by atoms with Crippen molar-refractivity contribution in [1.82, 2.24) is 9.80 Å². The molecular formula is C12H18N2O3S. The number of carbonyl (C=O) groups excluding carboxylic acids is 1. The van der Waals surface area contributed by atoms with Crippen molar-refractivity contribution in [3.05, 3.63) is 0 Å². The van der Waals surface area contributed by atoms with Crippen molar-refractivity contribution in [3.63, 3.8) is 0 Å². The first-order chi connectivity index (χ1) is 8.35. The summed E-state index contributed by atoms with van der Waals surface area (Å²) in [4.78, 5) is 25.8. The molecule has 0 radical (unpaired) electrons. The first-order valence-electron chi connectivity index (χ1n) is 5.69. The number of aliphatic carboxylic acids is 1. The van der Waals surface area contributed by atoms with Crippen molar-refractivity contribution in [3.8, 4) is 12.3 Å². The maximum atomic E-state index is 12.2. The minimum absolute atomic E-state index is 0.00104. The number of amides is 2. The van der Waals surface area contributed by atoms with E-state index in [0.717, 1.165) is 5.75 Å². The van der Waals surface area contributed by atoms with Gasteiger partial charge >= 0.3 is 12.0 Å². The summed E-state index contributed by atoms with van der Waals surface area (Å²) in [6, 6.07) is -0.288. The van der Waals surface area contributed by atoms with E-state index in [-0.39, 0.29) is 23.9 Å². The number of nitrogens with zero attached hydrogens (tertiary/aromatic N) is 2. The normalized spacial score (nSPS) is 17.9. The topological polar surface area (TPSA) is 60.9 Å². The highest BCUT2D eigenvalue weighted by Gasteiger charge is 2.32. The Kier molecular flexibility index (Phi) is 4.91. The average molecular weight is 270 g/mol. The summed E-state index contributed by atoms with van der Waals surface area (Å²) in [7, 11) is 0. The first-order valence-corrected chi connectivity index (χ1v) is 6.67. The minimum atomic E-state index is -1.05. The molecule has 1 heterocycles. The lowest BCUT2D eigenvalue weighted by atomic mass is 10.2. The van der Waals surface area contributed by atoms with E-state index >= 15 is 0 Å². The van der Waals surface area contributed by atoms with Gasteiger partial charge in [0.1, 0.15) is 6.54 Å². The molecule has 1 fully saturated rings. The molecule has 6 heteroatoms. The molecule has 1 rings (SSSR count). The van der Waals surface area contributed by atoms with Crippen LogP contribution in [0.25, 0.3) is 0 Å². The van der Waals surface area contributed by atoms with Gasteiger partial charge in [0.2, 0.25) is 0 Å². The number of urea groups is 1. The second kappa shape index (κ2) is 6.01. The largest absolute Gasteiger partial charge is 0.480 e. The molecule has 0 aromatic carbocycles. The molecule has 0 bridgehead atoms. The van der Waals surface area contributed by atoms with Gasteiger partial charge < -0.3 is 14.9 Å². The first kappa shape index (κ1) is 14.7. The van der Waals surface area contributed by atoms with Crippen molar-refractivity contribution in [2.24, 2.45) is 0 Å². The Bertz CT molecular complexity index is 376. The quantitative estimate of drug-likeness (QED) is 0.776. The molecule has 0 atom stereocenters. The van der Waals surface area contributed by atoms with Crippen LogP contribution in [0.2, 0.25) is 0 Å². The van der Waals surface area contributed by atoms with E-state index in [1.807, 2.05) is 11.8 Å². The molecule has 0 aromatic rings. The molecule has 0 saturated carbocycles. The number of hydrogen-bond acceptors (Lipinski definition) is 3. The van der Waals surface area contributed by atoms with E-state index in [0.29, 0.717) is 13.1 Å². The van der Waals surface area contributed by atoms with E-state index in [4.69, 9.17) is 11.5 Å². The molecule has 0 unspecified atom stereocenters. The van der Waals surface area contributed by atoms with Gasteiger partial charge in [-0.1, -0.05) is 5.92 Å². The van der Waals surface area contributed by atoms with Gasteiger partial charge in [0.15, 0.2) is 0 Å². The van der Waals surface area contributed by atoms with Crippen LogP contribution >= 0.6 is 11.8 Å². The predicted molar refractivity (Wildman–Crippen MR) is 71.5 cm³/mol. The molecule has 0 aromatic heterocycles. The lowest BCUT2D eigenvalue weighted by molar-refractivity contribution is -0.137. The van der Waals surface area contributed by atoms with Gasteiger partial charge in [-0.3, -0.25) is 4.79 Å². The Hall–Kier alpha value is -1.35. The van der Waals surface area contributed by atoms with E-state index in [9.17, 15) is 9.59 Å². The number of carboxylic acid groups (broad SMARTS) is 1. The maximum absolute atomic E-state index is 12.2. The van der Waals surface area contributed by atoms with Crippen molar-refractivity contribution < 1.29 is 14.7 Å². The van der Waals surface area contributed by atoms with Gasteiger partial charge in [0.05, 0.1) is 6.54 Å². The number of hydrogen-bond donors (Lipinski definition) is 1. The summed E-state index contributed by atoms with van der Waals surface area (Å²) < 4.78 is -0.00104. The Morgan fingerprint density at radius 3 is 2.72 bits per heavy atom. The molecule has 0 aliphatic carbocycles. The van der Waals surface area contributed by atoms with Crippen LogP contribution in [0.5, 0.6) is 0 Å². The zero-order valence-electron chi connectivity index (χ0n) is 10.7. The summed E-state index contributed by atoms with van der Waals surface area (Å²) in [5.41, 5.74) is 0. The fraction of sp³-hybridized carbons (Fsp3) is 0.667. The summed E-state index contributed by atoms with van der Waals surface area (Å²) in [6.07, 6.45) is 5.17. The highest BCUT2D eigenvalue weighted by molar-refractivity contribution is 8.00. The van der Waals surface area contributed by atoms with E-state index < -0.39 is 5.97 Å². The highest BCUT2D eigenvalue weighted by Crippen LogP contribution is 2.29. The maximum Gasteiger partial charge on any atom is 0.323 e. The Balaban J connectivity index is 2.70.